The summed E-state index contributed by atoms with van der Waals surface area (Å²) in [5.74, 6) is -0.373. The highest BCUT2D eigenvalue weighted by Gasteiger charge is 2.40. The van der Waals surface area contributed by atoms with Gasteiger partial charge in [-0.25, -0.2) is 0 Å². The molecule has 0 radical (unpaired) electrons. The molecule has 1 aliphatic heterocycles. The molecule has 1 saturated carbocycles. The Bertz CT molecular complexity index is 465. The molecule has 1 aliphatic carbocycles. The predicted octanol–water partition coefficient (Wildman–Crippen LogP) is 1.87. The molecular formula is C15H21N3O. The molecule has 2 fully saturated rings. The minimum absolute atomic E-state index is 0.373. The Kier molecular flexibility index (Phi) is 3.19. The molecular weight excluding hydrogens is 238 g/mol. The highest BCUT2D eigenvalue weighted by molar-refractivity contribution is 5.93. The van der Waals surface area contributed by atoms with E-state index >= 15 is 0 Å². The average Bonchev–Trinajstić information content (AvgIpc) is 2.38. The van der Waals surface area contributed by atoms with E-state index in [1.807, 2.05) is 12.1 Å². The van der Waals surface area contributed by atoms with Gasteiger partial charge in [-0.15, -0.1) is 0 Å². The lowest BCUT2D eigenvalue weighted by molar-refractivity contribution is 0.100. The molecule has 1 unspecified atom stereocenters. The van der Waals surface area contributed by atoms with Crippen molar-refractivity contribution in [3.8, 4) is 0 Å². The summed E-state index contributed by atoms with van der Waals surface area (Å²) in [7, 11) is 0. The van der Waals surface area contributed by atoms with Crippen molar-refractivity contribution in [1.29, 1.82) is 0 Å². The molecule has 4 N–H and O–H groups in total. The van der Waals surface area contributed by atoms with Crippen molar-refractivity contribution in [3.05, 3.63) is 29.8 Å². The molecule has 19 heavy (non-hydrogen) atoms. The van der Waals surface area contributed by atoms with E-state index in [0.717, 1.165) is 18.7 Å². The van der Waals surface area contributed by atoms with Gasteiger partial charge in [-0.1, -0.05) is 0 Å². The lowest BCUT2D eigenvalue weighted by atomic mass is 9.70. The summed E-state index contributed by atoms with van der Waals surface area (Å²) in [4.78, 5) is 11.0. The van der Waals surface area contributed by atoms with Crippen LogP contribution < -0.4 is 16.4 Å². The van der Waals surface area contributed by atoms with E-state index in [-0.39, 0.29) is 5.91 Å². The van der Waals surface area contributed by atoms with Crippen LogP contribution in [-0.4, -0.2) is 24.0 Å². The lowest BCUT2D eigenvalue weighted by Crippen LogP contribution is -2.58. The Labute approximate surface area is 113 Å². The van der Waals surface area contributed by atoms with Crippen LogP contribution in [0.3, 0.4) is 0 Å². The minimum Gasteiger partial charge on any atom is -0.382 e. The largest absolute Gasteiger partial charge is 0.382 e. The van der Waals surface area contributed by atoms with Crippen LogP contribution in [0, 0.1) is 0 Å². The lowest BCUT2D eigenvalue weighted by Gasteiger charge is -2.48. The van der Waals surface area contributed by atoms with Gasteiger partial charge in [-0.05, 0) is 62.9 Å². The number of amides is 1. The molecule has 0 bridgehead atoms. The highest BCUT2D eigenvalue weighted by Crippen LogP contribution is 2.38. The molecule has 4 heteroatoms. The number of rotatable bonds is 3. The SMILES string of the molecule is NC(=O)c1ccc(NC2CCNC3(CCC3)C2)cc1. The van der Waals surface area contributed by atoms with Gasteiger partial charge in [0.1, 0.15) is 0 Å². The fraction of sp³-hybridized carbons (Fsp3) is 0.533. The number of primary amides is 1. The number of carbonyl (C=O) groups is 1. The van der Waals surface area contributed by atoms with E-state index in [9.17, 15) is 4.79 Å². The van der Waals surface area contributed by atoms with Crippen molar-refractivity contribution in [3.63, 3.8) is 0 Å². The molecule has 1 spiro atoms. The zero-order chi connectivity index (χ0) is 13.3. The van der Waals surface area contributed by atoms with Crippen molar-refractivity contribution in [2.24, 2.45) is 5.73 Å². The smallest absolute Gasteiger partial charge is 0.248 e. The molecule has 102 valence electrons. The number of hydrogen-bond acceptors (Lipinski definition) is 3. The van der Waals surface area contributed by atoms with E-state index in [1.54, 1.807) is 12.1 Å². The summed E-state index contributed by atoms with van der Waals surface area (Å²) in [6.07, 6.45) is 6.33. The van der Waals surface area contributed by atoms with Crippen LogP contribution in [0.2, 0.25) is 0 Å². The number of piperidine rings is 1. The first-order valence-corrected chi connectivity index (χ1v) is 7.08. The second-order valence-corrected chi connectivity index (χ2v) is 5.84. The fourth-order valence-electron chi connectivity index (χ4n) is 3.23. The standard InChI is InChI=1S/C15H21N3O/c16-14(19)11-2-4-12(5-3-11)18-13-6-9-17-15(10-13)7-1-8-15/h2-5,13,17-18H,1,6-10H2,(H2,16,19). The molecule has 1 amide bonds. The maximum Gasteiger partial charge on any atom is 0.248 e. The quantitative estimate of drug-likeness (QED) is 0.776. The summed E-state index contributed by atoms with van der Waals surface area (Å²) >= 11 is 0. The molecule has 1 heterocycles. The first-order chi connectivity index (χ1) is 9.17. The van der Waals surface area contributed by atoms with E-state index in [0.29, 0.717) is 17.1 Å². The summed E-state index contributed by atoms with van der Waals surface area (Å²) in [6.45, 7) is 1.09. The molecule has 1 aromatic rings. The molecule has 1 atom stereocenters. The third-order valence-electron chi connectivity index (χ3n) is 4.48. The maximum absolute atomic E-state index is 11.0. The molecule has 1 aromatic carbocycles. The Morgan fingerprint density at radius 2 is 2.05 bits per heavy atom. The second-order valence-electron chi connectivity index (χ2n) is 5.84. The Hall–Kier alpha value is -1.55. The van der Waals surface area contributed by atoms with E-state index in [4.69, 9.17) is 5.73 Å². The summed E-state index contributed by atoms with van der Waals surface area (Å²) in [5.41, 5.74) is 7.28. The van der Waals surface area contributed by atoms with Crippen molar-refractivity contribution >= 4 is 11.6 Å². The van der Waals surface area contributed by atoms with E-state index < -0.39 is 0 Å². The zero-order valence-corrected chi connectivity index (χ0v) is 11.1. The third-order valence-corrected chi connectivity index (χ3v) is 4.48. The predicted molar refractivity (Wildman–Crippen MR) is 76.2 cm³/mol. The minimum atomic E-state index is -0.373. The van der Waals surface area contributed by atoms with Gasteiger partial charge in [0.2, 0.25) is 5.91 Å². The van der Waals surface area contributed by atoms with Gasteiger partial charge < -0.3 is 16.4 Å². The summed E-state index contributed by atoms with van der Waals surface area (Å²) in [5, 5.41) is 7.25. The van der Waals surface area contributed by atoms with Crippen LogP contribution in [0.15, 0.2) is 24.3 Å². The summed E-state index contributed by atoms with van der Waals surface area (Å²) in [6, 6.07) is 7.97. The van der Waals surface area contributed by atoms with Crippen molar-refractivity contribution in [2.75, 3.05) is 11.9 Å². The number of hydrogen-bond donors (Lipinski definition) is 3. The number of benzene rings is 1. The van der Waals surface area contributed by atoms with Crippen molar-refractivity contribution < 1.29 is 4.79 Å². The number of carbonyl (C=O) groups excluding carboxylic acids is 1. The molecule has 3 rings (SSSR count). The topological polar surface area (TPSA) is 67.2 Å². The van der Waals surface area contributed by atoms with Crippen LogP contribution in [0.1, 0.15) is 42.5 Å². The van der Waals surface area contributed by atoms with Crippen molar-refractivity contribution in [1.82, 2.24) is 5.32 Å². The van der Waals surface area contributed by atoms with Crippen LogP contribution in [0.25, 0.3) is 0 Å². The second kappa shape index (κ2) is 4.85. The monoisotopic (exact) mass is 259 g/mol. The Morgan fingerprint density at radius 3 is 2.63 bits per heavy atom. The average molecular weight is 259 g/mol. The highest BCUT2D eigenvalue weighted by atomic mass is 16.1. The van der Waals surface area contributed by atoms with E-state index in [2.05, 4.69) is 10.6 Å². The summed E-state index contributed by atoms with van der Waals surface area (Å²) < 4.78 is 0. The first kappa shape index (κ1) is 12.5. The molecule has 2 aliphatic rings. The van der Waals surface area contributed by atoms with Crippen LogP contribution >= 0.6 is 0 Å². The molecule has 0 aromatic heterocycles. The third kappa shape index (κ3) is 2.59. The maximum atomic E-state index is 11.0. The number of nitrogens with one attached hydrogen (secondary N) is 2. The Balaban J connectivity index is 1.62. The first-order valence-electron chi connectivity index (χ1n) is 7.08. The van der Waals surface area contributed by atoms with Crippen LogP contribution in [-0.2, 0) is 0 Å². The van der Waals surface area contributed by atoms with Crippen LogP contribution in [0.5, 0.6) is 0 Å². The fourth-order valence-corrected chi connectivity index (χ4v) is 3.23. The van der Waals surface area contributed by atoms with Gasteiger partial charge in [0.15, 0.2) is 0 Å². The normalized spacial score (nSPS) is 24.7. The van der Waals surface area contributed by atoms with Gasteiger partial charge in [0.05, 0.1) is 0 Å². The van der Waals surface area contributed by atoms with Gasteiger partial charge >= 0.3 is 0 Å². The number of nitrogens with two attached hydrogens (primary N) is 1. The Morgan fingerprint density at radius 1 is 1.32 bits per heavy atom. The van der Waals surface area contributed by atoms with Crippen LogP contribution in [0.4, 0.5) is 5.69 Å². The number of anilines is 1. The van der Waals surface area contributed by atoms with E-state index in [1.165, 1.54) is 25.7 Å². The molecule has 4 nitrogen and oxygen atoms in total. The van der Waals surface area contributed by atoms with Gasteiger partial charge in [0.25, 0.3) is 0 Å². The van der Waals surface area contributed by atoms with Gasteiger partial charge in [-0.2, -0.15) is 0 Å². The zero-order valence-electron chi connectivity index (χ0n) is 11.1. The van der Waals surface area contributed by atoms with Crippen molar-refractivity contribution in [2.45, 2.75) is 43.7 Å². The van der Waals surface area contributed by atoms with Gasteiger partial charge in [-0.3, -0.25) is 4.79 Å². The molecule has 1 saturated heterocycles. The van der Waals surface area contributed by atoms with Gasteiger partial charge in [0, 0.05) is 22.8 Å².